The highest BCUT2D eigenvalue weighted by atomic mass is 16.5. The van der Waals surface area contributed by atoms with E-state index in [-0.39, 0.29) is 12.5 Å². The van der Waals surface area contributed by atoms with Crippen molar-refractivity contribution in [2.24, 2.45) is 0 Å². The smallest absolute Gasteiger partial charge is 0.337 e. The molecule has 0 aliphatic carbocycles. The molecule has 0 aromatic heterocycles. The fraction of sp³-hybridized carbons (Fsp3) is 0.318. The minimum absolute atomic E-state index is 0.143. The predicted octanol–water partition coefficient (Wildman–Crippen LogP) is 2.93. The summed E-state index contributed by atoms with van der Waals surface area (Å²) in [4.78, 5) is 38.1. The van der Waals surface area contributed by atoms with Gasteiger partial charge in [-0.1, -0.05) is 24.3 Å². The molecule has 0 saturated carbocycles. The van der Waals surface area contributed by atoms with Crippen LogP contribution in [0.25, 0.3) is 0 Å². The van der Waals surface area contributed by atoms with Crippen molar-refractivity contribution in [2.75, 3.05) is 14.2 Å². The number of ether oxygens (including phenoxy) is 2. The number of carbonyl (C=O) groups is 3. The first-order valence-corrected chi connectivity index (χ1v) is 9.30. The number of hydrogen-bond acceptors (Lipinski definition) is 5. The minimum Gasteiger partial charge on any atom is -0.497 e. The fourth-order valence-corrected chi connectivity index (χ4v) is 3.29. The van der Waals surface area contributed by atoms with Crippen LogP contribution < -0.4 is 10.1 Å². The quantitative estimate of drug-likeness (QED) is 0.575. The fourth-order valence-electron chi connectivity index (χ4n) is 3.29. The third-order valence-electron chi connectivity index (χ3n) is 5.13. The summed E-state index contributed by atoms with van der Waals surface area (Å²) in [5.41, 5.74) is 1.27. The average molecular weight is 396 g/mol. The molecule has 7 nitrogen and oxygen atoms in total. The van der Waals surface area contributed by atoms with Gasteiger partial charge in [0.25, 0.3) is 5.91 Å². The van der Waals surface area contributed by atoms with E-state index in [1.807, 2.05) is 24.3 Å². The van der Waals surface area contributed by atoms with Crippen molar-refractivity contribution < 1.29 is 23.9 Å². The number of aryl methyl sites for hydroxylation is 1. The maximum absolute atomic E-state index is 12.9. The molecule has 1 heterocycles. The lowest BCUT2D eigenvalue weighted by Gasteiger charge is -2.21. The Kier molecular flexibility index (Phi) is 5.87. The van der Waals surface area contributed by atoms with Gasteiger partial charge in [-0.3, -0.25) is 9.69 Å². The zero-order valence-corrected chi connectivity index (χ0v) is 16.7. The molecule has 1 fully saturated rings. The largest absolute Gasteiger partial charge is 0.497 e. The standard InChI is InChI=1S/C22H24N2O5/c1-22(13-12-15-6-10-18(28-2)11-7-15)20(26)24(21(27)23-22)14-16-4-8-17(9-5-16)19(25)29-3/h4-11H,12-14H2,1-3H3,(H,23,27)/t22-/m1/s1. The Bertz CT molecular complexity index is 908. The Morgan fingerprint density at radius 3 is 2.21 bits per heavy atom. The number of urea groups is 1. The van der Waals surface area contributed by atoms with E-state index in [0.717, 1.165) is 16.9 Å². The molecule has 3 amide bonds. The Morgan fingerprint density at radius 2 is 1.62 bits per heavy atom. The molecule has 3 rings (SSSR count). The normalized spacial score (nSPS) is 18.5. The van der Waals surface area contributed by atoms with Crippen molar-refractivity contribution in [2.45, 2.75) is 31.8 Å². The lowest BCUT2D eigenvalue weighted by molar-refractivity contribution is -0.131. The minimum atomic E-state index is -0.955. The van der Waals surface area contributed by atoms with Crippen LogP contribution in [-0.4, -0.2) is 42.6 Å². The van der Waals surface area contributed by atoms with Gasteiger partial charge in [0.2, 0.25) is 0 Å². The molecule has 1 saturated heterocycles. The van der Waals surface area contributed by atoms with Crippen LogP contribution in [-0.2, 0) is 22.5 Å². The van der Waals surface area contributed by atoms with Gasteiger partial charge in [-0.25, -0.2) is 9.59 Å². The van der Waals surface area contributed by atoms with Gasteiger partial charge in [-0.2, -0.15) is 0 Å². The van der Waals surface area contributed by atoms with Gasteiger partial charge in [-0.05, 0) is 55.2 Å². The summed E-state index contributed by atoms with van der Waals surface area (Å²) in [6, 6.07) is 13.9. The van der Waals surface area contributed by atoms with Crippen molar-refractivity contribution >= 4 is 17.9 Å². The molecule has 2 aromatic rings. The van der Waals surface area contributed by atoms with Crippen molar-refractivity contribution in [3.63, 3.8) is 0 Å². The highest BCUT2D eigenvalue weighted by molar-refractivity contribution is 6.06. The van der Waals surface area contributed by atoms with E-state index in [1.54, 1.807) is 38.3 Å². The second-order valence-electron chi connectivity index (χ2n) is 7.19. The second kappa shape index (κ2) is 8.34. The van der Waals surface area contributed by atoms with E-state index >= 15 is 0 Å². The van der Waals surface area contributed by atoms with Crippen molar-refractivity contribution in [3.05, 3.63) is 65.2 Å². The maximum Gasteiger partial charge on any atom is 0.337 e. The molecule has 1 aliphatic rings. The number of rotatable bonds is 7. The molecule has 0 radical (unpaired) electrons. The van der Waals surface area contributed by atoms with E-state index in [0.29, 0.717) is 18.4 Å². The summed E-state index contributed by atoms with van der Waals surface area (Å²) in [6.45, 7) is 1.89. The Hall–Kier alpha value is -3.35. The number of imide groups is 1. The van der Waals surface area contributed by atoms with Crippen LogP contribution >= 0.6 is 0 Å². The number of benzene rings is 2. The summed E-state index contributed by atoms with van der Waals surface area (Å²) in [6.07, 6.45) is 1.13. The molecule has 29 heavy (non-hydrogen) atoms. The second-order valence-corrected chi connectivity index (χ2v) is 7.19. The maximum atomic E-state index is 12.9. The first-order valence-electron chi connectivity index (χ1n) is 9.30. The first-order chi connectivity index (χ1) is 13.9. The van der Waals surface area contributed by atoms with Crippen LogP contribution in [0.4, 0.5) is 4.79 Å². The molecule has 1 atom stereocenters. The topological polar surface area (TPSA) is 84.9 Å². The number of nitrogens with zero attached hydrogens (tertiary/aromatic N) is 1. The highest BCUT2D eigenvalue weighted by Gasteiger charge is 2.47. The van der Waals surface area contributed by atoms with E-state index in [9.17, 15) is 14.4 Å². The third-order valence-corrected chi connectivity index (χ3v) is 5.13. The third kappa shape index (κ3) is 4.39. The van der Waals surface area contributed by atoms with Crippen molar-refractivity contribution in [3.8, 4) is 5.75 Å². The molecule has 7 heteroatoms. The van der Waals surface area contributed by atoms with Crippen LogP contribution in [0.15, 0.2) is 48.5 Å². The summed E-state index contributed by atoms with van der Waals surface area (Å²) >= 11 is 0. The van der Waals surface area contributed by atoms with Gasteiger partial charge < -0.3 is 14.8 Å². The Labute approximate surface area is 169 Å². The number of hydrogen-bond donors (Lipinski definition) is 1. The van der Waals surface area contributed by atoms with Crippen LogP contribution in [0, 0.1) is 0 Å². The predicted molar refractivity (Wildman–Crippen MR) is 107 cm³/mol. The molecule has 2 aromatic carbocycles. The molecule has 1 aliphatic heterocycles. The Morgan fingerprint density at radius 1 is 1.00 bits per heavy atom. The number of methoxy groups -OCH3 is 2. The SMILES string of the molecule is COC(=O)c1ccc(CN2C(=O)N[C@](C)(CCc3ccc(OC)cc3)C2=O)cc1. The van der Waals surface area contributed by atoms with E-state index in [2.05, 4.69) is 10.1 Å². The van der Waals surface area contributed by atoms with E-state index in [4.69, 9.17) is 4.74 Å². The molecule has 0 spiro atoms. The van der Waals surface area contributed by atoms with Crippen LogP contribution in [0.1, 0.15) is 34.8 Å². The Balaban J connectivity index is 1.65. The summed E-state index contributed by atoms with van der Waals surface area (Å²) in [5, 5.41) is 2.82. The first kappa shape index (κ1) is 20.4. The van der Waals surface area contributed by atoms with Crippen LogP contribution in [0.3, 0.4) is 0 Å². The van der Waals surface area contributed by atoms with Gasteiger partial charge in [0.15, 0.2) is 0 Å². The van der Waals surface area contributed by atoms with E-state index in [1.165, 1.54) is 12.0 Å². The molecule has 0 unspecified atom stereocenters. The van der Waals surface area contributed by atoms with Crippen molar-refractivity contribution in [1.29, 1.82) is 0 Å². The summed E-state index contributed by atoms with van der Waals surface area (Å²) in [5.74, 6) is 0.0836. The van der Waals surface area contributed by atoms with Gasteiger partial charge in [0.1, 0.15) is 11.3 Å². The molecule has 1 N–H and O–H groups in total. The number of esters is 1. The zero-order chi connectivity index (χ0) is 21.0. The van der Waals surface area contributed by atoms with Gasteiger partial charge in [-0.15, -0.1) is 0 Å². The highest BCUT2D eigenvalue weighted by Crippen LogP contribution is 2.25. The number of nitrogens with one attached hydrogen (secondary N) is 1. The molecular weight excluding hydrogens is 372 g/mol. The lowest BCUT2D eigenvalue weighted by Crippen LogP contribution is -2.44. The van der Waals surface area contributed by atoms with E-state index < -0.39 is 17.5 Å². The van der Waals surface area contributed by atoms with Gasteiger partial charge in [0.05, 0.1) is 26.3 Å². The molecular formula is C22H24N2O5. The van der Waals surface area contributed by atoms with Crippen LogP contribution in [0.2, 0.25) is 0 Å². The van der Waals surface area contributed by atoms with Crippen molar-refractivity contribution in [1.82, 2.24) is 10.2 Å². The number of carbonyl (C=O) groups excluding carboxylic acids is 3. The van der Waals surface area contributed by atoms with Gasteiger partial charge >= 0.3 is 12.0 Å². The summed E-state index contributed by atoms with van der Waals surface area (Å²) < 4.78 is 9.82. The molecule has 0 bridgehead atoms. The van der Waals surface area contributed by atoms with Gasteiger partial charge in [0, 0.05) is 0 Å². The van der Waals surface area contributed by atoms with Crippen LogP contribution in [0.5, 0.6) is 5.75 Å². The average Bonchev–Trinajstić information content (AvgIpc) is 2.96. The monoisotopic (exact) mass is 396 g/mol. The zero-order valence-electron chi connectivity index (χ0n) is 16.7. The lowest BCUT2D eigenvalue weighted by atomic mass is 9.93. The molecule has 152 valence electrons. The summed E-state index contributed by atoms with van der Waals surface area (Å²) in [7, 11) is 2.93. The number of amides is 3.